The predicted molar refractivity (Wildman–Crippen MR) is 52.7 cm³/mol. The Morgan fingerprint density at radius 2 is 2.18 bits per heavy atom. The van der Waals surface area contributed by atoms with Gasteiger partial charge in [0.05, 0.1) is 2.74 Å². The molecular weight excluding hydrogens is 132 g/mol. The van der Waals surface area contributed by atoms with Crippen LogP contribution >= 0.6 is 0 Å². The van der Waals surface area contributed by atoms with E-state index in [9.17, 15) is 0 Å². The lowest BCUT2D eigenvalue weighted by molar-refractivity contribution is 0.441. The molecule has 0 fully saturated rings. The Kier molecular flexibility index (Phi) is 2.75. The van der Waals surface area contributed by atoms with E-state index in [1.807, 2.05) is 13.8 Å². The van der Waals surface area contributed by atoms with Gasteiger partial charge in [-0.15, -0.1) is 6.53 Å². The van der Waals surface area contributed by atoms with Crippen LogP contribution in [-0.2, 0) is 0 Å². The molecule has 0 nitrogen and oxygen atoms in total. The highest BCUT2D eigenvalue weighted by Gasteiger charge is 2.01. The van der Waals surface area contributed by atoms with Crippen molar-refractivity contribution < 1.29 is 6.85 Å². The summed E-state index contributed by atoms with van der Waals surface area (Å²) in [5.74, 6) is 0.352. The molecule has 0 heterocycles. The summed E-state index contributed by atoms with van der Waals surface area (Å²) < 4.78 is 37.7. The zero-order valence-electron chi connectivity index (χ0n) is 12.8. The van der Waals surface area contributed by atoms with Crippen molar-refractivity contribution in [3.05, 3.63) is 12.1 Å². The number of allylic oxidation sites excluding steroid dienone is 1. The molecule has 0 aromatic carbocycles. The highest BCUT2D eigenvalue weighted by atomic mass is 14.1. The molecule has 0 aromatic heterocycles. The summed E-state index contributed by atoms with van der Waals surface area (Å²) in [5.41, 5.74) is 0.0541. The van der Waals surface area contributed by atoms with E-state index in [4.69, 9.17) is 6.85 Å². The van der Waals surface area contributed by atoms with Crippen LogP contribution in [0.1, 0.15) is 59.7 Å². The smallest absolute Gasteiger partial charge is 0.0537 e. The summed E-state index contributed by atoms with van der Waals surface area (Å²) >= 11 is 0. The molecule has 66 valence electrons. The Bertz CT molecular complexity index is 239. The third kappa shape index (κ3) is 6.15. The summed E-state index contributed by atoms with van der Waals surface area (Å²) in [6.45, 7) is 5.01. The van der Waals surface area contributed by atoms with Gasteiger partial charge < -0.3 is 0 Å². The maximum Gasteiger partial charge on any atom is 0.0537 e. The van der Waals surface area contributed by atoms with Crippen molar-refractivity contribution in [3.8, 4) is 0 Å². The third-order valence-electron chi connectivity index (χ3n) is 1.92. The van der Waals surface area contributed by atoms with Gasteiger partial charge in [0.25, 0.3) is 0 Å². The highest BCUT2D eigenvalue weighted by Crippen LogP contribution is 2.17. The Hall–Kier alpha value is -0.260. The molecule has 0 N–H and O–H groups in total. The minimum Gasteiger partial charge on any atom is -0.100 e. The quantitative estimate of drug-likeness (QED) is 0.510. The number of hydrogen-bond donors (Lipinski definition) is 0. The van der Waals surface area contributed by atoms with E-state index < -0.39 is 19.3 Å². The van der Waals surface area contributed by atoms with Crippen LogP contribution in [0.15, 0.2) is 12.1 Å². The first-order valence-electron chi connectivity index (χ1n) is 6.91. The molecule has 0 aliphatic rings. The van der Waals surface area contributed by atoms with Crippen molar-refractivity contribution in [1.82, 2.24) is 0 Å². The van der Waals surface area contributed by atoms with Crippen molar-refractivity contribution >= 4 is 0 Å². The Labute approximate surface area is 78.7 Å². The van der Waals surface area contributed by atoms with Crippen molar-refractivity contribution in [1.29, 1.82) is 0 Å². The number of hydrogen-bond acceptors (Lipinski definition) is 0. The van der Waals surface area contributed by atoms with E-state index in [0.29, 0.717) is 12.3 Å². The summed E-state index contributed by atoms with van der Waals surface area (Å²) in [5, 5.41) is 0. The molecule has 0 aliphatic heterocycles. The molecule has 0 heteroatoms. The molecule has 0 unspecified atom stereocenters. The summed E-state index contributed by atoms with van der Waals surface area (Å²) in [6, 6.07) is 0. The fraction of sp³-hybridized carbons (Fsp3) is 0.818. The van der Waals surface area contributed by atoms with Crippen molar-refractivity contribution in [2.24, 2.45) is 5.92 Å². The minimum atomic E-state index is -1.86. The first-order chi connectivity index (χ1) is 7.27. The molecule has 0 aromatic rings. The van der Waals surface area contributed by atoms with E-state index in [0.717, 1.165) is 12.8 Å². The molecule has 0 bridgehead atoms. The summed E-state index contributed by atoms with van der Waals surface area (Å²) in [6.07, 6.45) is -0.367. The maximum absolute atomic E-state index is 7.86. The standard InChI is InChI=1S/C11H22/c1-5-11(6-2)9-7-8-10(3)4/h11H,3,5-9H2,1-2,4H3/i3D2,7D,8D2/t7-/m0/s1. The third-order valence-corrected chi connectivity index (χ3v) is 1.92. The van der Waals surface area contributed by atoms with E-state index in [1.54, 1.807) is 0 Å². The monoisotopic (exact) mass is 159 g/mol. The van der Waals surface area contributed by atoms with Gasteiger partial charge in [-0.1, -0.05) is 38.7 Å². The van der Waals surface area contributed by atoms with E-state index in [-0.39, 0.29) is 5.57 Å². The summed E-state index contributed by atoms with van der Waals surface area (Å²) in [7, 11) is 0. The molecule has 0 saturated carbocycles. The van der Waals surface area contributed by atoms with Gasteiger partial charge in [-0.25, -0.2) is 0 Å². The van der Waals surface area contributed by atoms with Gasteiger partial charge in [-0.05, 0) is 25.6 Å². The Morgan fingerprint density at radius 3 is 2.64 bits per heavy atom. The maximum atomic E-state index is 7.86. The van der Waals surface area contributed by atoms with Crippen LogP contribution in [0.5, 0.6) is 0 Å². The second-order valence-electron chi connectivity index (χ2n) is 2.89. The van der Waals surface area contributed by atoms with Crippen LogP contribution in [0.25, 0.3) is 0 Å². The second-order valence-corrected chi connectivity index (χ2v) is 2.89. The van der Waals surface area contributed by atoms with Gasteiger partial charge in [-0.2, -0.15) is 0 Å². The van der Waals surface area contributed by atoms with Crippen molar-refractivity contribution in [2.75, 3.05) is 0 Å². The SMILES string of the molecule is [2H]C([2H])=C(C)C([2H])([2H])[C@H]([2H])CC(CC)CC. The van der Waals surface area contributed by atoms with Gasteiger partial charge in [0.2, 0.25) is 0 Å². The first kappa shape index (κ1) is 4.69. The normalized spacial score (nSPS) is 20.9. The second kappa shape index (κ2) is 6.45. The van der Waals surface area contributed by atoms with Gasteiger partial charge in [0.1, 0.15) is 0 Å². The largest absolute Gasteiger partial charge is 0.100 e. The lowest BCUT2D eigenvalue weighted by Crippen LogP contribution is -1.96. The molecule has 0 rings (SSSR count). The average molecular weight is 159 g/mol. The predicted octanol–water partition coefficient (Wildman–Crippen LogP) is 4.17. The Balaban J connectivity index is 4.70. The fourth-order valence-corrected chi connectivity index (χ4v) is 1.00. The van der Waals surface area contributed by atoms with Crippen LogP contribution in [0.2, 0.25) is 0 Å². The van der Waals surface area contributed by atoms with Crippen LogP contribution < -0.4 is 0 Å². The average Bonchev–Trinajstić information content (AvgIpc) is 2.23. The van der Waals surface area contributed by atoms with Gasteiger partial charge in [-0.3, -0.25) is 0 Å². The topological polar surface area (TPSA) is 0 Å². The lowest BCUT2D eigenvalue weighted by atomic mass is 9.96. The molecule has 0 amide bonds. The van der Waals surface area contributed by atoms with Crippen LogP contribution in [0.4, 0.5) is 0 Å². The van der Waals surface area contributed by atoms with Crippen molar-refractivity contribution in [3.63, 3.8) is 0 Å². The van der Waals surface area contributed by atoms with E-state index in [1.165, 1.54) is 6.92 Å². The van der Waals surface area contributed by atoms with Crippen LogP contribution in [0.3, 0.4) is 0 Å². The lowest BCUT2D eigenvalue weighted by Gasteiger charge is -2.10. The van der Waals surface area contributed by atoms with Gasteiger partial charge in [0.15, 0.2) is 0 Å². The molecular formula is C11H22. The zero-order chi connectivity index (χ0) is 12.9. The first-order valence-corrected chi connectivity index (χ1v) is 4.34. The van der Waals surface area contributed by atoms with Gasteiger partial charge >= 0.3 is 0 Å². The van der Waals surface area contributed by atoms with Crippen LogP contribution in [-0.4, -0.2) is 0 Å². The molecule has 0 saturated heterocycles. The Morgan fingerprint density at radius 1 is 1.55 bits per heavy atom. The van der Waals surface area contributed by atoms with Gasteiger partial charge in [0, 0.05) is 4.11 Å². The summed E-state index contributed by atoms with van der Waals surface area (Å²) in [4.78, 5) is 0. The minimum absolute atomic E-state index is 0.0541. The number of rotatable bonds is 6. The van der Waals surface area contributed by atoms with E-state index in [2.05, 4.69) is 0 Å². The van der Waals surface area contributed by atoms with Crippen LogP contribution in [0, 0.1) is 5.92 Å². The molecule has 1 atom stereocenters. The highest BCUT2D eigenvalue weighted by molar-refractivity contribution is 4.87. The molecule has 11 heavy (non-hydrogen) atoms. The van der Waals surface area contributed by atoms with Crippen molar-refractivity contribution in [2.45, 2.75) is 52.8 Å². The molecule has 0 spiro atoms. The molecule has 0 radical (unpaired) electrons. The zero-order valence-corrected chi connectivity index (χ0v) is 7.78. The molecule has 0 aliphatic carbocycles. The fourth-order valence-electron chi connectivity index (χ4n) is 1.00. The van der Waals surface area contributed by atoms with E-state index >= 15 is 0 Å².